The van der Waals surface area contributed by atoms with Gasteiger partial charge in [0, 0.05) is 6.54 Å². The number of amides is 2. The number of hydrogen-bond acceptors (Lipinski definition) is 7. The second kappa shape index (κ2) is 7.54. The number of benzene rings is 1. The molecular formula is C17H17N5O4S. The number of rotatable bonds is 6. The van der Waals surface area contributed by atoms with Crippen LogP contribution in [0.2, 0.25) is 0 Å². The molecule has 0 spiro atoms. The van der Waals surface area contributed by atoms with Gasteiger partial charge in [-0.25, -0.2) is 9.48 Å². The number of esters is 1. The van der Waals surface area contributed by atoms with Crippen LogP contribution >= 0.6 is 11.3 Å². The molecule has 0 aliphatic carbocycles. The molecule has 140 valence electrons. The lowest BCUT2D eigenvalue weighted by Gasteiger charge is -2.13. The number of aromatic nitrogens is 3. The molecule has 10 heteroatoms. The summed E-state index contributed by atoms with van der Waals surface area (Å²) in [7, 11) is 0. The van der Waals surface area contributed by atoms with Crippen molar-refractivity contribution in [2.75, 3.05) is 5.32 Å². The molecule has 2 aromatic heterocycles. The number of hydrogen-bond donors (Lipinski definition) is 2. The number of fused-ring (bicyclic) bond motifs is 1. The van der Waals surface area contributed by atoms with Crippen LogP contribution < -0.4 is 11.1 Å². The minimum Gasteiger partial charge on any atom is -0.449 e. The Morgan fingerprint density at radius 2 is 2.11 bits per heavy atom. The van der Waals surface area contributed by atoms with Gasteiger partial charge < -0.3 is 15.8 Å². The van der Waals surface area contributed by atoms with Gasteiger partial charge in [0.25, 0.3) is 11.8 Å². The number of carbonyl (C=O) groups is 3. The minimum absolute atomic E-state index is 0.205. The molecule has 0 saturated heterocycles. The summed E-state index contributed by atoms with van der Waals surface area (Å²) in [5.74, 6) is -1.87. The van der Waals surface area contributed by atoms with Crippen LogP contribution in [-0.4, -0.2) is 38.9 Å². The van der Waals surface area contributed by atoms with Crippen LogP contribution in [0.4, 0.5) is 5.00 Å². The Balaban J connectivity index is 1.68. The van der Waals surface area contributed by atoms with Gasteiger partial charge in [-0.1, -0.05) is 5.21 Å². The molecule has 2 heterocycles. The Labute approximate surface area is 158 Å². The average Bonchev–Trinajstić information content (AvgIpc) is 3.27. The van der Waals surface area contributed by atoms with E-state index in [4.69, 9.17) is 10.5 Å². The summed E-state index contributed by atoms with van der Waals surface area (Å²) in [5.41, 5.74) is 7.08. The molecule has 2 amide bonds. The predicted molar refractivity (Wildman–Crippen MR) is 99.5 cm³/mol. The number of anilines is 1. The first-order valence-electron chi connectivity index (χ1n) is 8.13. The summed E-state index contributed by atoms with van der Waals surface area (Å²) in [6, 6.07) is 6.39. The largest absolute Gasteiger partial charge is 0.449 e. The Bertz CT molecular complexity index is 1030. The summed E-state index contributed by atoms with van der Waals surface area (Å²) >= 11 is 1.15. The lowest BCUT2D eigenvalue weighted by Crippen LogP contribution is -2.30. The number of nitrogens with zero attached hydrogens (tertiary/aromatic N) is 3. The zero-order valence-corrected chi connectivity index (χ0v) is 15.4. The highest BCUT2D eigenvalue weighted by Gasteiger charge is 2.22. The van der Waals surface area contributed by atoms with Crippen LogP contribution in [0.15, 0.2) is 29.6 Å². The second-order valence-corrected chi connectivity index (χ2v) is 6.59. The molecule has 0 fully saturated rings. The molecule has 27 heavy (non-hydrogen) atoms. The maximum Gasteiger partial charge on any atom is 0.338 e. The Hall–Kier alpha value is -3.27. The third-order valence-electron chi connectivity index (χ3n) is 3.87. The molecule has 0 aliphatic rings. The summed E-state index contributed by atoms with van der Waals surface area (Å²) in [4.78, 5) is 35.9. The van der Waals surface area contributed by atoms with Gasteiger partial charge >= 0.3 is 5.97 Å². The SMILES string of the molecule is CCn1nnc2cc(C(=O)O[C@@H](C)C(=O)Nc3sccc3C(N)=O)ccc21. The van der Waals surface area contributed by atoms with Crippen molar-refractivity contribution in [2.45, 2.75) is 26.5 Å². The molecule has 9 nitrogen and oxygen atoms in total. The van der Waals surface area contributed by atoms with Crippen LogP contribution in [0.25, 0.3) is 11.0 Å². The maximum absolute atomic E-state index is 12.3. The Kier molecular flexibility index (Phi) is 5.17. The second-order valence-electron chi connectivity index (χ2n) is 5.67. The fourth-order valence-corrected chi connectivity index (χ4v) is 3.22. The van der Waals surface area contributed by atoms with Crippen molar-refractivity contribution in [1.29, 1.82) is 0 Å². The van der Waals surface area contributed by atoms with E-state index in [9.17, 15) is 14.4 Å². The van der Waals surface area contributed by atoms with Crippen molar-refractivity contribution in [3.05, 3.63) is 40.8 Å². The molecule has 1 atom stereocenters. The lowest BCUT2D eigenvalue weighted by atomic mass is 10.2. The standard InChI is InChI=1S/C17H17N5O4S/c1-3-22-13-5-4-10(8-12(13)20-21-22)17(25)26-9(2)15(24)19-16-11(14(18)23)6-7-27-16/h4-9H,3H2,1-2H3,(H2,18,23)(H,19,24)/t9-/m0/s1. The quantitative estimate of drug-likeness (QED) is 0.621. The van der Waals surface area contributed by atoms with Gasteiger partial charge in [0.15, 0.2) is 6.10 Å². The molecule has 1 aromatic carbocycles. The van der Waals surface area contributed by atoms with E-state index in [2.05, 4.69) is 15.6 Å². The summed E-state index contributed by atoms with van der Waals surface area (Å²) in [5, 5.41) is 12.5. The van der Waals surface area contributed by atoms with Gasteiger partial charge in [-0.15, -0.1) is 16.4 Å². The van der Waals surface area contributed by atoms with E-state index < -0.39 is 23.9 Å². The first kappa shape index (κ1) is 18.5. The zero-order valence-electron chi connectivity index (χ0n) is 14.6. The fourth-order valence-electron chi connectivity index (χ4n) is 2.43. The van der Waals surface area contributed by atoms with Crippen LogP contribution in [0.3, 0.4) is 0 Å². The van der Waals surface area contributed by atoms with Crippen LogP contribution in [-0.2, 0) is 16.1 Å². The molecule has 0 aliphatic heterocycles. The van der Waals surface area contributed by atoms with E-state index in [1.54, 1.807) is 28.3 Å². The van der Waals surface area contributed by atoms with Crippen LogP contribution in [0.1, 0.15) is 34.6 Å². The molecule has 3 N–H and O–H groups in total. The van der Waals surface area contributed by atoms with Crippen molar-refractivity contribution in [3.63, 3.8) is 0 Å². The first-order valence-corrected chi connectivity index (χ1v) is 9.01. The Morgan fingerprint density at radius 3 is 2.81 bits per heavy atom. The van der Waals surface area contributed by atoms with Gasteiger partial charge in [-0.2, -0.15) is 0 Å². The van der Waals surface area contributed by atoms with Gasteiger partial charge in [0.1, 0.15) is 10.5 Å². The number of primary amides is 1. The first-order chi connectivity index (χ1) is 12.9. The highest BCUT2D eigenvalue weighted by atomic mass is 32.1. The zero-order chi connectivity index (χ0) is 19.6. The third kappa shape index (κ3) is 3.80. The normalized spacial score (nSPS) is 11.9. The summed E-state index contributed by atoms with van der Waals surface area (Å²) < 4.78 is 6.92. The number of ether oxygens (including phenoxy) is 1. The van der Waals surface area contributed by atoms with Crippen molar-refractivity contribution < 1.29 is 19.1 Å². The maximum atomic E-state index is 12.3. The third-order valence-corrected chi connectivity index (χ3v) is 4.70. The van der Waals surface area contributed by atoms with Crippen molar-refractivity contribution in [2.24, 2.45) is 5.73 Å². The van der Waals surface area contributed by atoms with Crippen molar-refractivity contribution in [3.8, 4) is 0 Å². The molecule has 0 bridgehead atoms. The molecular weight excluding hydrogens is 370 g/mol. The number of carbonyl (C=O) groups excluding carboxylic acids is 3. The van der Waals surface area contributed by atoms with E-state index in [-0.39, 0.29) is 11.1 Å². The Morgan fingerprint density at radius 1 is 1.33 bits per heavy atom. The van der Waals surface area contributed by atoms with Crippen LogP contribution in [0, 0.1) is 0 Å². The topological polar surface area (TPSA) is 129 Å². The molecule has 0 saturated carbocycles. The van der Waals surface area contributed by atoms with Crippen molar-refractivity contribution in [1.82, 2.24) is 15.0 Å². The highest BCUT2D eigenvalue weighted by molar-refractivity contribution is 7.14. The van der Waals surface area contributed by atoms with E-state index in [0.29, 0.717) is 17.1 Å². The monoisotopic (exact) mass is 387 g/mol. The fraction of sp³-hybridized carbons (Fsp3) is 0.235. The predicted octanol–water partition coefficient (Wildman–Crippen LogP) is 1.80. The number of thiophene rings is 1. The van der Waals surface area contributed by atoms with Crippen LogP contribution in [0.5, 0.6) is 0 Å². The molecule has 0 unspecified atom stereocenters. The highest BCUT2D eigenvalue weighted by Crippen LogP contribution is 2.23. The smallest absolute Gasteiger partial charge is 0.338 e. The number of nitrogens with two attached hydrogens (primary N) is 1. The van der Waals surface area contributed by atoms with Gasteiger partial charge in [0.05, 0.1) is 16.6 Å². The van der Waals surface area contributed by atoms with E-state index in [1.165, 1.54) is 13.0 Å². The van der Waals surface area contributed by atoms with Crippen molar-refractivity contribution >= 4 is 45.2 Å². The van der Waals surface area contributed by atoms with E-state index >= 15 is 0 Å². The molecule has 3 rings (SSSR count). The summed E-state index contributed by atoms with van der Waals surface area (Å²) in [6.45, 7) is 4.04. The van der Waals surface area contributed by atoms with E-state index in [1.807, 2.05) is 6.92 Å². The summed E-state index contributed by atoms with van der Waals surface area (Å²) in [6.07, 6.45) is -1.07. The van der Waals surface area contributed by atoms with E-state index in [0.717, 1.165) is 16.9 Å². The molecule has 0 radical (unpaired) electrons. The van der Waals surface area contributed by atoms with Gasteiger partial charge in [0.2, 0.25) is 0 Å². The van der Waals surface area contributed by atoms with Gasteiger partial charge in [-0.3, -0.25) is 9.59 Å². The minimum atomic E-state index is -1.07. The lowest BCUT2D eigenvalue weighted by molar-refractivity contribution is -0.123. The number of aryl methyl sites for hydroxylation is 1. The average molecular weight is 387 g/mol. The molecule has 3 aromatic rings. The number of nitrogens with one attached hydrogen (secondary N) is 1. The van der Waals surface area contributed by atoms with Gasteiger partial charge in [-0.05, 0) is 43.5 Å².